The minimum absolute atomic E-state index is 0.127. The van der Waals surface area contributed by atoms with Gasteiger partial charge in [0.2, 0.25) is 5.91 Å². The summed E-state index contributed by atoms with van der Waals surface area (Å²) in [7, 11) is 1.59. The normalized spacial score (nSPS) is 10.8. The third-order valence-corrected chi connectivity index (χ3v) is 5.43. The van der Waals surface area contributed by atoms with E-state index in [1.807, 2.05) is 47.8 Å². The van der Waals surface area contributed by atoms with Crippen molar-refractivity contribution in [3.63, 3.8) is 0 Å². The van der Waals surface area contributed by atoms with Gasteiger partial charge >= 0.3 is 0 Å². The second-order valence-electron chi connectivity index (χ2n) is 7.08. The first-order valence-corrected chi connectivity index (χ1v) is 10.5. The first kappa shape index (κ1) is 20.5. The number of aromatic nitrogens is 3. The number of nitrogens with zero attached hydrogens (tertiary/aromatic N) is 4. The molecule has 3 heterocycles. The van der Waals surface area contributed by atoms with Gasteiger partial charge in [-0.15, -0.1) is 11.3 Å². The molecule has 158 valence electrons. The maximum absolute atomic E-state index is 13.2. The summed E-state index contributed by atoms with van der Waals surface area (Å²) in [6, 6.07) is 15.4. The van der Waals surface area contributed by atoms with E-state index >= 15 is 0 Å². The fourth-order valence-corrected chi connectivity index (χ4v) is 3.85. The average Bonchev–Trinajstić information content (AvgIpc) is 3.49. The molecule has 0 fully saturated rings. The number of carbonyl (C=O) groups excluding carboxylic acids is 2. The van der Waals surface area contributed by atoms with E-state index in [9.17, 15) is 9.59 Å². The largest absolute Gasteiger partial charge is 0.360 e. The van der Waals surface area contributed by atoms with Crippen molar-refractivity contribution in [2.45, 2.75) is 13.5 Å². The van der Waals surface area contributed by atoms with Gasteiger partial charge in [0, 0.05) is 19.3 Å². The Morgan fingerprint density at radius 2 is 2.00 bits per heavy atom. The Labute approximate surface area is 183 Å². The summed E-state index contributed by atoms with van der Waals surface area (Å²) in [5.41, 5.74) is 2.14. The number of thiophene rings is 1. The molecule has 3 aromatic heterocycles. The van der Waals surface area contributed by atoms with E-state index in [-0.39, 0.29) is 18.4 Å². The minimum Gasteiger partial charge on any atom is -0.360 e. The van der Waals surface area contributed by atoms with Crippen LogP contribution in [0.4, 0.5) is 5.82 Å². The smallest absolute Gasteiger partial charge is 0.257 e. The highest BCUT2D eigenvalue weighted by Gasteiger charge is 2.23. The van der Waals surface area contributed by atoms with Gasteiger partial charge in [-0.2, -0.15) is 5.10 Å². The fourth-order valence-electron chi connectivity index (χ4n) is 3.13. The van der Waals surface area contributed by atoms with Gasteiger partial charge in [0.15, 0.2) is 5.82 Å². The van der Waals surface area contributed by atoms with Crippen molar-refractivity contribution in [3.05, 3.63) is 77.0 Å². The first-order valence-electron chi connectivity index (χ1n) is 9.63. The van der Waals surface area contributed by atoms with Gasteiger partial charge < -0.3 is 14.7 Å². The molecule has 0 unspecified atom stereocenters. The van der Waals surface area contributed by atoms with Gasteiger partial charge in [-0.1, -0.05) is 41.6 Å². The lowest BCUT2D eigenvalue weighted by Gasteiger charge is -2.16. The Morgan fingerprint density at radius 1 is 1.19 bits per heavy atom. The molecular formula is C22H21N5O3S. The summed E-state index contributed by atoms with van der Waals surface area (Å²) in [6.07, 6.45) is 1.74. The van der Waals surface area contributed by atoms with Gasteiger partial charge in [-0.3, -0.25) is 14.3 Å². The van der Waals surface area contributed by atoms with Gasteiger partial charge in [0.1, 0.15) is 11.5 Å². The Balaban J connectivity index is 1.53. The zero-order chi connectivity index (χ0) is 21.8. The lowest BCUT2D eigenvalue weighted by Crippen LogP contribution is -2.35. The number of hydrogen-bond acceptors (Lipinski definition) is 6. The quantitative estimate of drug-likeness (QED) is 0.478. The Morgan fingerprint density at radius 3 is 2.68 bits per heavy atom. The van der Waals surface area contributed by atoms with E-state index in [1.54, 1.807) is 30.9 Å². The fraction of sp³-hybridized carbons (Fsp3) is 0.182. The molecule has 0 aliphatic heterocycles. The number of nitrogens with one attached hydrogen (secondary N) is 1. The van der Waals surface area contributed by atoms with Crippen LogP contribution < -0.4 is 5.32 Å². The summed E-state index contributed by atoms with van der Waals surface area (Å²) in [5.74, 6) is 0.261. The Bertz CT molecular complexity index is 1180. The average molecular weight is 436 g/mol. The summed E-state index contributed by atoms with van der Waals surface area (Å²) >= 11 is 1.51. The predicted molar refractivity (Wildman–Crippen MR) is 118 cm³/mol. The second-order valence-corrected chi connectivity index (χ2v) is 8.03. The number of likely N-dealkylation sites (N-methyl/N-ethyl adjacent to an activating group) is 1. The van der Waals surface area contributed by atoms with Crippen LogP contribution in [-0.4, -0.2) is 45.2 Å². The lowest BCUT2D eigenvalue weighted by molar-refractivity contribution is -0.116. The molecule has 0 spiro atoms. The van der Waals surface area contributed by atoms with Crippen molar-refractivity contribution in [2.24, 2.45) is 0 Å². The van der Waals surface area contributed by atoms with Gasteiger partial charge in [-0.05, 0) is 23.9 Å². The maximum Gasteiger partial charge on any atom is 0.257 e. The molecule has 0 bridgehead atoms. The molecule has 4 rings (SSSR count). The van der Waals surface area contributed by atoms with Gasteiger partial charge in [-0.25, -0.2) is 0 Å². The number of aryl methyl sites for hydroxylation is 1. The third-order valence-electron chi connectivity index (χ3n) is 4.56. The number of carbonyl (C=O) groups is 2. The van der Waals surface area contributed by atoms with Crippen LogP contribution >= 0.6 is 11.3 Å². The highest BCUT2D eigenvalue weighted by atomic mass is 32.1. The SMILES string of the molecule is Cc1cc(NC(=O)CN(C)C(=O)c2cn(Cc3ccccc3)nc2-c2cccs2)no1. The summed E-state index contributed by atoms with van der Waals surface area (Å²) in [4.78, 5) is 27.8. The zero-order valence-electron chi connectivity index (χ0n) is 17.1. The predicted octanol–water partition coefficient (Wildman–Crippen LogP) is 3.67. The van der Waals surface area contributed by atoms with Crippen LogP contribution in [0.15, 0.2) is 64.6 Å². The minimum atomic E-state index is -0.362. The van der Waals surface area contributed by atoms with Crippen LogP contribution in [0.1, 0.15) is 21.7 Å². The van der Waals surface area contributed by atoms with Crippen LogP contribution in [0.5, 0.6) is 0 Å². The Kier molecular flexibility index (Phi) is 5.94. The molecule has 31 heavy (non-hydrogen) atoms. The molecule has 1 aromatic carbocycles. The number of benzene rings is 1. The topological polar surface area (TPSA) is 93.3 Å². The highest BCUT2D eigenvalue weighted by molar-refractivity contribution is 7.13. The van der Waals surface area contributed by atoms with E-state index in [4.69, 9.17) is 4.52 Å². The lowest BCUT2D eigenvalue weighted by atomic mass is 10.2. The van der Waals surface area contributed by atoms with Crippen molar-refractivity contribution in [1.82, 2.24) is 19.8 Å². The maximum atomic E-state index is 13.2. The number of hydrogen-bond donors (Lipinski definition) is 1. The van der Waals surface area contributed by atoms with Crippen molar-refractivity contribution >= 4 is 29.0 Å². The second kappa shape index (κ2) is 8.97. The van der Waals surface area contributed by atoms with Crippen molar-refractivity contribution in [1.29, 1.82) is 0 Å². The van der Waals surface area contributed by atoms with E-state index in [0.29, 0.717) is 29.4 Å². The van der Waals surface area contributed by atoms with Crippen LogP contribution in [0, 0.1) is 6.92 Å². The molecular weight excluding hydrogens is 414 g/mol. The number of rotatable bonds is 7. The molecule has 0 saturated heterocycles. The van der Waals surface area contributed by atoms with Gasteiger partial charge in [0.25, 0.3) is 5.91 Å². The van der Waals surface area contributed by atoms with Crippen LogP contribution in [-0.2, 0) is 11.3 Å². The van der Waals surface area contributed by atoms with Crippen LogP contribution in [0.3, 0.4) is 0 Å². The Hall–Kier alpha value is -3.72. The third kappa shape index (κ3) is 4.89. The molecule has 4 aromatic rings. The monoisotopic (exact) mass is 435 g/mol. The first-order chi connectivity index (χ1) is 15.0. The number of amides is 2. The molecule has 2 amide bonds. The molecule has 0 atom stereocenters. The summed E-state index contributed by atoms with van der Waals surface area (Å²) < 4.78 is 6.69. The van der Waals surface area contributed by atoms with E-state index in [2.05, 4.69) is 15.6 Å². The molecule has 1 N–H and O–H groups in total. The van der Waals surface area contributed by atoms with Gasteiger partial charge in [0.05, 0.1) is 23.5 Å². The van der Waals surface area contributed by atoms with Crippen molar-refractivity contribution in [3.8, 4) is 10.6 Å². The standard InChI is InChI=1S/C22H21N5O3S/c1-15-11-19(25-30-15)23-20(28)14-26(2)22(29)17-13-27(12-16-7-4-3-5-8-16)24-21(17)18-9-6-10-31-18/h3-11,13H,12,14H2,1-2H3,(H,23,25,28). The summed E-state index contributed by atoms with van der Waals surface area (Å²) in [5, 5.41) is 13.0. The van der Waals surface area contributed by atoms with E-state index in [1.165, 1.54) is 16.2 Å². The molecule has 8 nitrogen and oxygen atoms in total. The molecule has 0 radical (unpaired) electrons. The summed E-state index contributed by atoms with van der Waals surface area (Å²) in [6.45, 7) is 2.15. The molecule has 9 heteroatoms. The molecule has 0 aliphatic carbocycles. The molecule has 0 aliphatic rings. The van der Waals surface area contributed by atoms with E-state index < -0.39 is 0 Å². The number of anilines is 1. The zero-order valence-corrected chi connectivity index (χ0v) is 17.9. The van der Waals surface area contributed by atoms with Crippen LogP contribution in [0.2, 0.25) is 0 Å². The molecule has 0 saturated carbocycles. The van der Waals surface area contributed by atoms with Crippen molar-refractivity contribution in [2.75, 3.05) is 18.9 Å². The van der Waals surface area contributed by atoms with Crippen LogP contribution in [0.25, 0.3) is 10.6 Å². The van der Waals surface area contributed by atoms with E-state index in [0.717, 1.165) is 10.4 Å². The van der Waals surface area contributed by atoms with Crippen molar-refractivity contribution < 1.29 is 14.1 Å². The highest BCUT2D eigenvalue weighted by Crippen LogP contribution is 2.27.